The van der Waals surface area contributed by atoms with E-state index in [1.54, 1.807) is 0 Å². The third-order valence-corrected chi connectivity index (χ3v) is 13.7. The van der Waals surface area contributed by atoms with E-state index in [4.69, 9.17) is 4.74 Å². The van der Waals surface area contributed by atoms with Crippen molar-refractivity contribution in [2.75, 3.05) is 13.7 Å². The van der Waals surface area contributed by atoms with Gasteiger partial charge in [0.2, 0.25) is 0 Å². The van der Waals surface area contributed by atoms with Crippen molar-refractivity contribution in [1.29, 1.82) is 0 Å². The minimum atomic E-state index is -0.133. The normalized spacial score (nSPS) is 55.2. The first-order chi connectivity index (χ1) is 15.4. The van der Waals surface area contributed by atoms with E-state index in [0.29, 0.717) is 33.5 Å². The van der Waals surface area contributed by atoms with E-state index in [1.165, 1.54) is 63.4 Å². The lowest BCUT2D eigenvalue weighted by atomic mass is 9.32. The predicted octanol–water partition coefficient (Wildman–Crippen LogP) is 7.65. The van der Waals surface area contributed by atoms with Crippen LogP contribution < -0.4 is 0 Å². The molecule has 0 aromatic carbocycles. The smallest absolute Gasteiger partial charge is 0.0594 e. The molecule has 5 rings (SSSR count). The van der Waals surface area contributed by atoms with Crippen molar-refractivity contribution in [1.82, 2.24) is 0 Å². The van der Waals surface area contributed by atoms with Crippen LogP contribution in [-0.4, -0.2) is 24.9 Å². The Kier molecular flexibility index (Phi) is 5.60. The van der Waals surface area contributed by atoms with Crippen molar-refractivity contribution in [3.05, 3.63) is 12.2 Å². The van der Waals surface area contributed by atoms with Gasteiger partial charge in [0.25, 0.3) is 0 Å². The Morgan fingerprint density at radius 3 is 2.24 bits per heavy atom. The molecule has 2 heteroatoms. The quantitative estimate of drug-likeness (QED) is 0.442. The van der Waals surface area contributed by atoms with Crippen molar-refractivity contribution in [2.45, 2.75) is 112 Å². The third kappa shape index (κ3) is 2.98. The summed E-state index contributed by atoms with van der Waals surface area (Å²) in [6, 6.07) is 0. The molecular weight excluding hydrogens is 404 g/mol. The van der Waals surface area contributed by atoms with Gasteiger partial charge in [0.05, 0.1) is 12.7 Å². The van der Waals surface area contributed by atoms with Gasteiger partial charge in [-0.3, -0.25) is 0 Å². The summed E-state index contributed by atoms with van der Waals surface area (Å²) in [5, 5.41) is 10.9. The molecular formula is C31H52O2. The van der Waals surface area contributed by atoms with Crippen LogP contribution in [0.3, 0.4) is 0 Å². The molecule has 5 saturated carbocycles. The van der Waals surface area contributed by atoms with Gasteiger partial charge in [0.1, 0.15) is 0 Å². The second-order valence-corrected chi connectivity index (χ2v) is 14.9. The van der Waals surface area contributed by atoms with Gasteiger partial charge in [0, 0.05) is 7.11 Å². The van der Waals surface area contributed by atoms with Gasteiger partial charge in [-0.2, -0.15) is 0 Å². The van der Waals surface area contributed by atoms with Crippen LogP contribution in [0.15, 0.2) is 12.2 Å². The Morgan fingerprint density at radius 1 is 0.848 bits per heavy atom. The first kappa shape index (κ1) is 24.4. The van der Waals surface area contributed by atoms with Gasteiger partial charge in [-0.25, -0.2) is 0 Å². The Bertz CT molecular complexity index is 801. The van der Waals surface area contributed by atoms with Crippen LogP contribution in [0, 0.1) is 56.7 Å². The molecule has 0 aliphatic heterocycles. The monoisotopic (exact) mass is 456 g/mol. The zero-order valence-electron chi connectivity index (χ0n) is 22.8. The van der Waals surface area contributed by atoms with Crippen LogP contribution in [0.4, 0.5) is 0 Å². The standard InChI is InChI=1S/C31H52O2/c1-20(2)21-11-16-31(19-33-8)18-17-29(6)22(26(21)31)9-10-24-28(5)14-13-25(32)27(3,4)23(28)12-15-30(24,29)7/h21-26,32H,1,9-19H2,2-8H3/t21-,22+,23-,24+,25-,26+,28-,29+,30+,31+/m0/s1. The minimum Gasteiger partial charge on any atom is -0.393 e. The highest BCUT2D eigenvalue weighted by atomic mass is 16.5. The SMILES string of the molecule is C=C(C)[C@@H]1CC[C@]2(COC)CC[C@]3(C)[C@H](CC[C@@H]4[C@@]5(C)CC[C@H](O)C(C)(C)[C@@H]5CC[C@]43C)[C@@H]12. The number of methoxy groups -OCH3 is 1. The van der Waals surface area contributed by atoms with Gasteiger partial charge >= 0.3 is 0 Å². The van der Waals surface area contributed by atoms with Crippen molar-refractivity contribution < 1.29 is 9.84 Å². The Morgan fingerprint density at radius 2 is 1.58 bits per heavy atom. The molecule has 1 N–H and O–H groups in total. The molecule has 0 unspecified atom stereocenters. The average Bonchev–Trinajstić information content (AvgIpc) is 3.12. The molecule has 5 aliphatic rings. The second-order valence-electron chi connectivity index (χ2n) is 14.9. The van der Waals surface area contributed by atoms with Crippen molar-refractivity contribution in [3.63, 3.8) is 0 Å². The maximum atomic E-state index is 10.9. The molecule has 0 bridgehead atoms. The fraction of sp³-hybridized carbons (Fsp3) is 0.935. The lowest BCUT2D eigenvalue weighted by Crippen LogP contribution is -2.66. The largest absolute Gasteiger partial charge is 0.393 e. The van der Waals surface area contributed by atoms with Crippen molar-refractivity contribution in [3.8, 4) is 0 Å². The summed E-state index contributed by atoms with van der Waals surface area (Å²) in [6.07, 6.45) is 12.9. The molecule has 0 spiro atoms. The highest BCUT2D eigenvalue weighted by molar-refractivity contribution is 5.21. The summed E-state index contributed by atoms with van der Waals surface area (Å²) in [7, 11) is 1.92. The summed E-state index contributed by atoms with van der Waals surface area (Å²) in [6.45, 7) is 20.6. The van der Waals surface area contributed by atoms with E-state index >= 15 is 0 Å². The highest BCUT2D eigenvalue weighted by Crippen LogP contribution is 2.77. The Hall–Kier alpha value is -0.340. The van der Waals surface area contributed by atoms with Gasteiger partial charge in [0.15, 0.2) is 0 Å². The van der Waals surface area contributed by atoms with E-state index < -0.39 is 0 Å². The van der Waals surface area contributed by atoms with E-state index in [0.717, 1.165) is 30.8 Å². The number of hydrogen-bond acceptors (Lipinski definition) is 2. The lowest BCUT2D eigenvalue weighted by Gasteiger charge is -2.73. The maximum absolute atomic E-state index is 10.9. The number of fused-ring (bicyclic) bond motifs is 7. The molecule has 0 heterocycles. The molecule has 5 fully saturated rings. The first-order valence-corrected chi connectivity index (χ1v) is 14.2. The number of allylic oxidation sites excluding steroid dienone is 1. The third-order valence-electron chi connectivity index (χ3n) is 13.7. The number of ether oxygens (including phenoxy) is 1. The maximum Gasteiger partial charge on any atom is 0.0594 e. The number of hydrogen-bond donors (Lipinski definition) is 1. The molecule has 188 valence electrons. The zero-order valence-corrected chi connectivity index (χ0v) is 22.8. The zero-order chi connectivity index (χ0) is 24.0. The molecule has 5 aliphatic carbocycles. The predicted molar refractivity (Wildman–Crippen MR) is 137 cm³/mol. The van der Waals surface area contributed by atoms with Gasteiger partial charge in [-0.1, -0.05) is 46.8 Å². The number of aliphatic hydroxyl groups is 1. The van der Waals surface area contributed by atoms with E-state index in [2.05, 4.69) is 48.1 Å². The summed E-state index contributed by atoms with van der Waals surface area (Å²) < 4.78 is 5.92. The summed E-state index contributed by atoms with van der Waals surface area (Å²) >= 11 is 0. The Labute approximate surface area is 204 Å². The summed E-state index contributed by atoms with van der Waals surface area (Å²) in [4.78, 5) is 0. The second kappa shape index (κ2) is 7.58. The van der Waals surface area contributed by atoms with Crippen LogP contribution >= 0.6 is 0 Å². The van der Waals surface area contributed by atoms with E-state index in [1.807, 2.05) is 7.11 Å². The Balaban J connectivity index is 1.54. The van der Waals surface area contributed by atoms with Gasteiger partial charge in [-0.15, -0.1) is 0 Å². The van der Waals surface area contributed by atoms with Crippen LogP contribution in [0.5, 0.6) is 0 Å². The minimum absolute atomic E-state index is 0.0444. The highest BCUT2D eigenvalue weighted by Gasteiger charge is 2.70. The average molecular weight is 457 g/mol. The fourth-order valence-corrected chi connectivity index (χ4v) is 11.8. The topological polar surface area (TPSA) is 29.5 Å². The molecule has 33 heavy (non-hydrogen) atoms. The molecule has 0 aromatic heterocycles. The van der Waals surface area contributed by atoms with Crippen LogP contribution in [0.1, 0.15) is 106 Å². The van der Waals surface area contributed by atoms with Crippen molar-refractivity contribution >= 4 is 0 Å². The summed E-state index contributed by atoms with van der Waals surface area (Å²) in [5.41, 5.74) is 3.03. The molecule has 0 saturated heterocycles. The summed E-state index contributed by atoms with van der Waals surface area (Å²) in [5.74, 6) is 3.67. The van der Waals surface area contributed by atoms with Crippen LogP contribution in [0.2, 0.25) is 0 Å². The van der Waals surface area contributed by atoms with E-state index in [9.17, 15) is 5.11 Å². The molecule has 2 nitrogen and oxygen atoms in total. The molecule has 0 amide bonds. The van der Waals surface area contributed by atoms with Gasteiger partial charge in [-0.05, 0) is 128 Å². The molecule has 0 radical (unpaired) electrons. The van der Waals surface area contributed by atoms with E-state index in [-0.39, 0.29) is 11.5 Å². The van der Waals surface area contributed by atoms with Crippen molar-refractivity contribution in [2.24, 2.45) is 56.7 Å². The number of rotatable bonds is 3. The fourth-order valence-electron chi connectivity index (χ4n) is 11.8. The van der Waals surface area contributed by atoms with Crippen LogP contribution in [0.25, 0.3) is 0 Å². The van der Waals surface area contributed by atoms with Crippen LogP contribution in [-0.2, 0) is 4.74 Å². The number of aliphatic hydroxyl groups excluding tert-OH is 1. The van der Waals surface area contributed by atoms with Gasteiger partial charge < -0.3 is 9.84 Å². The molecule has 0 aromatic rings. The molecule has 10 atom stereocenters. The lowest BCUT2D eigenvalue weighted by molar-refractivity contribution is -0.249. The first-order valence-electron chi connectivity index (χ1n) is 14.2.